The zero-order valence-electron chi connectivity index (χ0n) is 20.0. The van der Waals surface area contributed by atoms with Gasteiger partial charge in [-0.25, -0.2) is 37.6 Å². The summed E-state index contributed by atoms with van der Waals surface area (Å²) in [6, 6.07) is 0. The Balaban J connectivity index is 3.59. The predicted molar refractivity (Wildman–Crippen MR) is 102 cm³/mol. The third kappa shape index (κ3) is 6.59. The van der Waals surface area contributed by atoms with Gasteiger partial charge in [-0.3, -0.25) is 0 Å². The minimum atomic E-state index is -8.16. The number of hydrogen-bond acceptors (Lipinski definition) is 5. The summed E-state index contributed by atoms with van der Waals surface area (Å²) in [5.74, 6) is -22.5. The Morgan fingerprint density at radius 2 is 0.814 bits per heavy atom. The number of ether oxygens (including phenoxy) is 2. The third-order valence-electron chi connectivity index (χ3n) is 4.76. The van der Waals surface area contributed by atoms with E-state index in [0.29, 0.717) is 12.2 Å². The summed E-state index contributed by atoms with van der Waals surface area (Å²) in [6.07, 6.45) is -37.1. The van der Waals surface area contributed by atoms with Crippen LogP contribution < -0.4 is 17.1 Å². The Morgan fingerprint density at radius 1 is 0.512 bits per heavy atom. The highest BCUT2D eigenvalue weighted by Gasteiger charge is 2.83. The second-order valence-corrected chi connectivity index (χ2v) is 7.85. The van der Waals surface area contributed by atoms with E-state index in [9.17, 15) is 89.0 Å². The maximum atomic E-state index is 14.3. The molecular weight excluding hydrogens is 661 g/mol. The van der Waals surface area contributed by atoms with E-state index in [0.717, 1.165) is 0 Å². The van der Waals surface area contributed by atoms with E-state index in [1.807, 2.05) is 0 Å². The Labute approximate surface area is 223 Å². The summed E-state index contributed by atoms with van der Waals surface area (Å²) in [4.78, 5) is 36.6. The van der Waals surface area contributed by atoms with Crippen molar-refractivity contribution in [1.82, 2.24) is 13.7 Å². The summed E-state index contributed by atoms with van der Waals surface area (Å²) in [7, 11) is 0. The third-order valence-corrected chi connectivity index (χ3v) is 4.76. The van der Waals surface area contributed by atoms with E-state index >= 15 is 0 Å². The average molecular weight is 673 g/mol. The number of alkyl halides is 17. The summed E-state index contributed by atoms with van der Waals surface area (Å²) in [5, 5.41) is 0. The number of allylic oxidation sites excluding steroid dienone is 2. The second-order valence-electron chi connectivity index (χ2n) is 7.85. The van der Waals surface area contributed by atoms with E-state index < -0.39 is 89.6 Å². The van der Waals surface area contributed by atoms with Crippen LogP contribution in [0.3, 0.4) is 0 Å². The van der Waals surface area contributed by atoms with Crippen molar-refractivity contribution >= 4 is 0 Å². The van der Waals surface area contributed by atoms with Gasteiger partial charge in [-0.05, 0) is 0 Å². The number of nitrogens with zero attached hydrogens (tertiary/aromatic N) is 3. The Bertz CT molecular complexity index is 1340. The van der Waals surface area contributed by atoms with Gasteiger partial charge in [0.2, 0.25) is 0 Å². The molecule has 8 nitrogen and oxygen atoms in total. The van der Waals surface area contributed by atoms with Crippen LogP contribution in [-0.4, -0.2) is 62.1 Å². The normalized spacial score (nSPS) is 14.6. The molecule has 1 heterocycles. The largest absolute Gasteiger partial charge is 0.462 e. The lowest BCUT2D eigenvalue weighted by Gasteiger charge is -2.37. The number of halogens is 17. The van der Waals surface area contributed by atoms with Gasteiger partial charge in [0.25, 0.3) is 0 Å². The molecule has 0 N–H and O–H groups in total. The number of hydrogen-bond donors (Lipinski definition) is 0. The average Bonchev–Trinajstić information content (AvgIpc) is 2.80. The van der Waals surface area contributed by atoms with E-state index in [1.54, 1.807) is 4.74 Å². The van der Waals surface area contributed by atoms with E-state index in [4.69, 9.17) is 0 Å². The van der Waals surface area contributed by atoms with Crippen molar-refractivity contribution in [3.8, 4) is 0 Å². The van der Waals surface area contributed by atoms with E-state index in [-0.39, 0.29) is 9.13 Å². The molecule has 1 rings (SSSR count). The Hall–Kier alpha value is -3.38. The van der Waals surface area contributed by atoms with Gasteiger partial charge in [0.05, 0.1) is 13.1 Å². The molecule has 43 heavy (non-hydrogen) atoms. The van der Waals surface area contributed by atoms with Crippen molar-refractivity contribution in [1.29, 1.82) is 0 Å². The zero-order valence-corrected chi connectivity index (χ0v) is 20.0. The van der Waals surface area contributed by atoms with Gasteiger partial charge in [0.15, 0.2) is 0 Å². The molecular formula is C18H12F17N3O5. The highest BCUT2D eigenvalue weighted by molar-refractivity contribution is 4.94. The predicted octanol–water partition coefficient (Wildman–Crippen LogP) is 4.42. The van der Waals surface area contributed by atoms with Crippen LogP contribution in [0.4, 0.5) is 74.6 Å². The first-order chi connectivity index (χ1) is 18.9. The molecule has 0 saturated heterocycles. The number of aromatic nitrogens is 3. The smallest absolute Gasteiger partial charge is 0.247 e. The molecule has 0 amide bonds. The van der Waals surface area contributed by atoms with Gasteiger partial charge in [0.1, 0.15) is 6.54 Å². The van der Waals surface area contributed by atoms with Crippen LogP contribution in [0, 0.1) is 0 Å². The van der Waals surface area contributed by atoms with Crippen LogP contribution in [0.15, 0.2) is 39.7 Å². The summed E-state index contributed by atoms with van der Waals surface area (Å²) in [5.41, 5.74) is -5.97. The van der Waals surface area contributed by atoms with Gasteiger partial charge in [-0.2, -0.15) is 74.6 Å². The first-order valence-corrected chi connectivity index (χ1v) is 10.2. The molecule has 248 valence electrons. The van der Waals surface area contributed by atoms with Crippen LogP contribution in [-0.2, 0) is 29.1 Å². The van der Waals surface area contributed by atoms with Crippen molar-refractivity contribution in [2.45, 2.75) is 68.0 Å². The maximum Gasteiger partial charge on any atom is 0.462 e. The fourth-order valence-electron chi connectivity index (χ4n) is 2.60. The lowest BCUT2D eigenvalue weighted by molar-refractivity contribution is -0.542. The van der Waals surface area contributed by atoms with Gasteiger partial charge in [-0.15, -0.1) is 13.2 Å². The van der Waals surface area contributed by atoms with Crippen LogP contribution >= 0.6 is 0 Å². The molecule has 1 aromatic heterocycles. The van der Waals surface area contributed by atoms with E-state index in [1.165, 1.54) is 4.74 Å². The molecule has 0 atom stereocenters. The van der Waals surface area contributed by atoms with Crippen LogP contribution in [0.5, 0.6) is 0 Å². The lowest BCUT2D eigenvalue weighted by atomic mass is 10.2. The van der Waals surface area contributed by atoms with Crippen LogP contribution in [0.25, 0.3) is 0 Å². The van der Waals surface area contributed by atoms with Gasteiger partial charge in [-0.1, -0.05) is 12.2 Å². The van der Waals surface area contributed by atoms with Crippen molar-refractivity contribution in [2.24, 2.45) is 0 Å². The fourth-order valence-corrected chi connectivity index (χ4v) is 2.60. The SMILES string of the molecule is C=CCn1c(=O)n(CC=C)c(=O)n(CC(F)(F)C(F)(F)OC(F)(F)C(F)(F)C(F)(F)OC(F)(F)C(F)(F)C(F)(F)F)c1=O. The topological polar surface area (TPSA) is 84.5 Å². The Morgan fingerprint density at radius 3 is 1.14 bits per heavy atom. The minimum absolute atomic E-state index is 0.134. The fraction of sp³-hybridized carbons (Fsp3) is 0.611. The van der Waals surface area contributed by atoms with Crippen molar-refractivity contribution < 1.29 is 84.1 Å². The molecule has 0 aromatic carbocycles. The molecule has 1 aromatic rings. The lowest BCUT2D eigenvalue weighted by Crippen LogP contribution is -2.65. The quantitative estimate of drug-likeness (QED) is 0.216. The first-order valence-electron chi connectivity index (χ1n) is 10.2. The molecule has 0 fully saturated rings. The molecule has 0 aliphatic rings. The molecule has 25 heteroatoms. The number of rotatable bonds is 14. The van der Waals surface area contributed by atoms with Crippen LogP contribution in [0.1, 0.15) is 0 Å². The molecule has 0 spiro atoms. The molecule has 0 bridgehead atoms. The highest BCUT2D eigenvalue weighted by atomic mass is 19.4. The zero-order chi connectivity index (χ0) is 34.4. The van der Waals surface area contributed by atoms with E-state index in [2.05, 4.69) is 13.2 Å². The van der Waals surface area contributed by atoms with Crippen LogP contribution in [0.2, 0.25) is 0 Å². The maximum absolute atomic E-state index is 14.3. The molecule has 0 aliphatic carbocycles. The monoisotopic (exact) mass is 673 g/mol. The minimum Gasteiger partial charge on any atom is -0.247 e. The van der Waals surface area contributed by atoms with Crippen molar-refractivity contribution in [3.63, 3.8) is 0 Å². The summed E-state index contributed by atoms with van der Waals surface area (Å²) < 4.78 is 227. The summed E-state index contributed by atoms with van der Waals surface area (Å²) >= 11 is 0. The molecule has 0 radical (unpaired) electrons. The Kier molecular flexibility index (Phi) is 9.87. The van der Waals surface area contributed by atoms with Gasteiger partial charge < -0.3 is 0 Å². The highest BCUT2D eigenvalue weighted by Crippen LogP contribution is 2.55. The van der Waals surface area contributed by atoms with Gasteiger partial charge >= 0.3 is 65.4 Å². The van der Waals surface area contributed by atoms with Gasteiger partial charge in [0, 0.05) is 0 Å². The van der Waals surface area contributed by atoms with Crippen molar-refractivity contribution in [2.75, 3.05) is 0 Å². The summed E-state index contributed by atoms with van der Waals surface area (Å²) in [6.45, 7) is 1.07. The standard InChI is InChI=1S/C18H12F17N3O5/c1-3-5-36-8(39)37(6-4-2)10(41)38(9(36)40)7-11(19,20)15(28,29)42-17(32,33)13(23,24)18(34,35)43-16(30,31)12(21,22)14(25,26)27/h3-4H,1-2,5-7H2. The van der Waals surface area contributed by atoms with Crippen molar-refractivity contribution in [3.05, 3.63) is 56.8 Å². The first kappa shape index (κ1) is 37.6. The molecule has 0 unspecified atom stereocenters. The second kappa shape index (κ2) is 11.3. The molecule has 0 saturated carbocycles. The molecule has 0 aliphatic heterocycles.